The molecule has 14 heavy (non-hydrogen) atoms. The van der Waals surface area contributed by atoms with Crippen LogP contribution < -0.4 is 5.73 Å². The molecule has 1 heterocycles. The van der Waals surface area contributed by atoms with Crippen molar-refractivity contribution in [2.45, 2.75) is 38.8 Å². The molecule has 0 spiro atoms. The standard InChI is InChI=1S/C10H20N2OS/c1-3-9(6-10(11)14)12-4-5-13-7-8(12)2/h8-9H,3-7H2,1-2H3,(H2,11,14). The third-order valence-electron chi connectivity index (χ3n) is 2.80. The van der Waals surface area contributed by atoms with E-state index >= 15 is 0 Å². The molecule has 0 saturated carbocycles. The van der Waals surface area contributed by atoms with Crippen LogP contribution in [0.1, 0.15) is 26.7 Å². The van der Waals surface area contributed by atoms with E-state index in [1.54, 1.807) is 0 Å². The average molecular weight is 216 g/mol. The zero-order valence-corrected chi connectivity index (χ0v) is 9.85. The molecule has 1 aliphatic heterocycles. The Kier molecular flexibility index (Phi) is 4.78. The normalized spacial score (nSPS) is 26.0. The van der Waals surface area contributed by atoms with Crippen molar-refractivity contribution in [2.75, 3.05) is 19.8 Å². The van der Waals surface area contributed by atoms with Crippen LogP contribution in [-0.4, -0.2) is 41.7 Å². The van der Waals surface area contributed by atoms with Crippen LogP contribution in [0.25, 0.3) is 0 Å². The van der Waals surface area contributed by atoms with Gasteiger partial charge in [-0.15, -0.1) is 0 Å². The SMILES string of the molecule is CCC(CC(N)=S)N1CCOCC1C. The Bertz CT molecular complexity index is 199. The minimum Gasteiger partial charge on any atom is -0.393 e. The highest BCUT2D eigenvalue weighted by Crippen LogP contribution is 2.15. The molecule has 1 aliphatic rings. The maximum Gasteiger partial charge on any atom is 0.0743 e. The van der Waals surface area contributed by atoms with Crippen molar-refractivity contribution >= 4 is 17.2 Å². The first kappa shape index (κ1) is 11.9. The van der Waals surface area contributed by atoms with Gasteiger partial charge in [-0.05, 0) is 13.3 Å². The maximum absolute atomic E-state index is 5.59. The summed E-state index contributed by atoms with van der Waals surface area (Å²) in [6.45, 7) is 7.04. The van der Waals surface area contributed by atoms with Gasteiger partial charge in [0, 0.05) is 25.0 Å². The molecule has 0 radical (unpaired) electrons. The van der Waals surface area contributed by atoms with Crippen LogP contribution in [0.2, 0.25) is 0 Å². The Morgan fingerprint density at radius 2 is 2.43 bits per heavy atom. The van der Waals surface area contributed by atoms with Gasteiger partial charge in [0.2, 0.25) is 0 Å². The van der Waals surface area contributed by atoms with Gasteiger partial charge in [-0.3, -0.25) is 4.90 Å². The molecule has 0 amide bonds. The molecule has 3 nitrogen and oxygen atoms in total. The van der Waals surface area contributed by atoms with Crippen molar-refractivity contribution in [1.82, 2.24) is 4.90 Å². The Labute approximate surface area is 91.6 Å². The van der Waals surface area contributed by atoms with E-state index in [1.165, 1.54) is 0 Å². The van der Waals surface area contributed by atoms with E-state index in [1.807, 2.05) is 0 Å². The van der Waals surface area contributed by atoms with Gasteiger partial charge < -0.3 is 10.5 Å². The minimum absolute atomic E-state index is 0.489. The van der Waals surface area contributed by atoms with Crippen LogP contribution in [0, 0.1) is 0 Å². The summed E-state index contributed by atoms with van der Waals surface area (Å²) < 4.78 is 5.41. The van der Waals surface area contributed by atoms with Crippen molar-refractivity contribution in [2.24, 2.45) is 5.73 Å². The molecule has 1 saturated heterocycles. The molecule has 2 N–H and O–H groups in total. The number of nitrogens with zero attached hydrogens (tertiary/aromatic N) is 1. The first-order valence-electron chi connectivity index (χ1n) is 5.27. The zero-order valence-electron chi connectivity index (χ0n) is 9.03. The fourth-order valence-electron chi connectivity index (χ4n) is 2.01. The fraction of sp³-hybridized carbons (Fsp3) is 0.900. The van der Waals surface area contributed by atoms with Crippen molar-refractivity contribution in [3.05, 3.63) is 0 Å². The molecule has 82 valence electrons. The van der Waals surface area contributed by atoms with Crippen LogP contribution in [0.3, 0.4) is 0 Å². The number of rotatable bonds is 4. The highest BCUT2D eigenvalue weighted by Gasteiger charge is 2.25. The highest BCUT2D eigenvalue weighted by atomic mass is 32.1. The summed E-state index contributed by atoms with van der Waals surface area (Å²) in [7, 11) is 0. The molecule has 0 aromatic carbocycles. The average Bonchev–Trinajstić information content (AvgIpc) is 2.15. The Morgan fingerprint density at radius 1 is 1.71 bits per heavy atom. The van der Waals surface area contributed by atoms with E-state index < -0.39 is 0 Å². The predicted octanol–water partition coefficient (Wildman–Crippen LogP) is 1.16. The summed E-state index contributed by atoms with van der Waals surface area (Å²) in [5.41, 5.74) is 5.59. The molecule has 4 heteroatoms. The van der Waals surface area contributed by atoms with Gasteiger partial charge in [0.15, 0.2) is 0 Å². The van der Waals surface area contributed by atoms with Gasteiger partial charge in [0.25, 0.3) is 0 Å². The fourth-order valence-corrected chi connectivity index (χ4v) is 2.20. The second-order valence-electron chi connectivity index (χ2n) is 3.89. The summed E-state index contributed by atoms with van der Waals surface area (Å²) >= 11 is 4.97. The summed E-state index contributed by atoms with van der Waals surface area (Å²) in [6.07, 6.45) is 1.93. The number of ether oxygens (including phenoxy) is 1. The molecule has 0 aromatic rings. The van der Waals surface area contributed by atoms with Crippen LogP contribution in [-0.2, 0) is 4.74 Å². The van der Waals surface area contributed by atoms with Crippen molar-refractivity contribution in [3.8, 4) is 0 Å². The predicted molar refractivity (Wildman–Crippen MR) is 62.5 cm³/mol. The van der Waals surface area contributed by atoms with Gasteiger partial charge in [0.1, 0.15) is 0 Å². The number of thiocarbonyl (C=S) groups is 1. The third kappa shape index (κ3) is 3.19. The summed E-state index contributed by atoms with van der Waals surface area (Å²) in [6, 6.07) is 0.981. The molecule has 1 rings (SSSR count). The van der Waals surface area contributed by atoms with E-state index in [4.69, 9.17) is 22.7 Å². The van der Waals surface area contributed by atoms with Gasteiger partial charge in [-0.25, -0.2) is 0 Å². The minimum atomic E-state index is 0.489. The van der Waals surface area contributed by atoms with E-state index in [0.29, 0.717) is 17.1 Å². The lowest BCUT2D eigenvalue weighted by Crippen LogP contribution is -2.50. The third-order valence-corrected chi connectivity index (χ3v) is 2.96. The number of hydrogen-bond acceptors (Lipinski definition) is 3. The number of morpholine rings is 1. The van der Waals surface area contributed by atoms with E-state index in [-0.39, 0.29) is 0 Å². The lowest BCUT2D eigenvalue weighted by Gasteiger charge is -2.39. The summed E-state index contributed by atoms with van der Waals surface area (Å²) in [5.74, 6) is 0. The second kappa shape index (κ2) is 5.63. The number of hydrogen-bond donors (Lipinski definition) is 1. The molecule has 2 atom stereocenters. The van der Waals surface area contributed by atoms with Crippen LogP contribution in [0.4, 0.5) is 0 Å². The molecular weight excluding hydrogens is 196 g/mol. The van der Waals surface area contributed by atoms with Crippen molar-refractivity contribution in [1.29, 1.82) is 0 Å². The molecule has 0 aromatic heterocycles. The van der Waals surface area contributed by atoms with Crippen molar-refractivity contribution in [3.63, 3.8) is 0 Å². The first-order chi connectivity index (χ1) is 6.65. The summed E-state index contributed by atoms with van der Waals surface area (Å²) in [4.78, 5) is 3.08. The smallest absolute Gasteiger partial charge is 0.0743 e. The van der Waals surface area contributed by atoms with Gasteiger partial charge in [-0.1, -0.05) is 19.1 Å². The van der Waals surface area contributed by atoms with E-state index in [2.05, 4.69) is 18.7 Å². The Hall–Kier alpha value is -0.190. The van der Waals surface area contributed by atoms with Crippen LogP contribution in [0.5, 0.6) is 0 Å². The summed E-state index contributed by atoms with van der Waals surface area (Å²) in [5, 5.41) is 0. The van der Waals surface area contributed by atoms with Crippen molar-refractivity contribution < 1.29 is 4.74 Å². The Balaban J connectivity index is 2.52. The highest BCUT2D eigenvalue weighted by molar-refractivity contribution is 7.80. The molecule has 2 unspecified atom stereocenters. The van der Waals surface area contributed by atoms with Crippen LogP contribution >= 0.6 is 12.2 Å². The molecular formula is C10H20N2OS. The molecule has 0 bridgehead atoms. The maximum atomic E-state index is 5.59. The molecule has 0 aliphatic carbocycles. The van der Waals surface area contributed by atoms with E-state index in [0.717, 1.165) is 32.6 Å². The van der Waals surface area contributed by atoms with E-state index in [9.17, 15) is 0 Å². The van der Waals surface area contributed by atoms with Crippen LogP contribution in [0.15, 0.2) is 0 Å². The monoisotopic (exact) mass is 216 g/mol. The second-order valence-corrected chi connectivity index (χ2v) is 4.42. The Morgan fingerprint density at radius 3 is 2.93 bits per heavy atom. The first-order valence-corrected chi connectivity index (χ1v) is 5.67. The van der Waals surface area contributed by atoms with Gasteiger partial charge >= 0.3 is 0 Å². The lowest BCUT2D eigenvalue weighted by molar-refractivity contribution is -0.0212. The van der Waals surface area contributed by atoms with Gasteiger partial charge in [-0.2, -0.15) is 0 Å². The zero-order chi connectivity index (χ0) is 10.6. The molecule has 1 fully saturated rings. The lowest BCUT2D eigenvalue weighted by atomic mass is 10.1. The van der Waals surface area contributed by atoms with Gasteiger partial charge in [0.05, 0.1) is 18.2 Å². The largest absolute Gasteiger partial charge is 0.393 e. The quantitative estimate of drug-likeness (QED) is 0.716. The number of nitrogens with two attached hydrogens (primary N) is 1. The topological polar surface area (TPSA) is 38.5 Å².